The van der Waals surface area contributed by atoms with Gasteiger partial charge in [-0.15, -0.1) is 13.2 Å². The van der Waals surface area contributed by atoms with Crippen LogP contribution in [-0.2, 0) is 14.4 Å². The van der Waals surface area contributed by atoms with Gasteiger partial charge < -0.3 is 4.90 Å². The van der Waals surface area contributed by atoms with Crippen molar-refractivity contribution in [2.45, 2.75) is 32.1 Å². The number of rotatable bonds is 7. The lowest BCUT2D eigenvalue weighted by Gasteiger charge is -2.21. The van der Waals surface area contributed by atoms with Gasteiger partial charge in [-0.05, 0) is 12.8 Å². The van der Waals surface area contributed by atoms with Crippen molar-refractivity contribution in [3.8, 4) is 0 Å². The zero-order valence-corrected chi connectivity index (χ0v) is 13.0. The van der Waals surface area contributed by atoms with Gasteiger partial charge in [0.25, 0.3) is 0 Å². The van der Waals surface area contributed by atoms with Crippen molar-refractivity contribution in [2.24, 2.45) is 11.8 Å². The topological polar surface area (TPSA) is 57.7 Å². The molecule has 0 spiro atoms. The van der Waals surface area contributed by atoms with Crippen LogP contribution < -0.4 is 0 Å². The van der Waals surface area contributed by atoms with Crippen molar-refractivity contribution in [3.63, 3.8) is 0 Å². The number of carbonyl (C=O) groups excluding carboxylic acids is 3. The number of amides is 3. The van der Waals surface area contributed by atoms with Gasteiger partial charge >= 0.3 is 0 Å². The molecule has 120 valence electrons. The van der Waals surface area contributed by atoms with Crippen LogP contribution >= 0.6 is 0 Å². The minimum absolute atomic E-state index is 0.0820. The first-order chi connectivity index (χ1) is 10.6. The van der Waals surface area contributed by atoms with Gasteiger partial charge in [0, 0.05) is 26.1 Å². The van der Waals surface area contributed by atoms with E-state index in [1.807, 2.05) is 0 Å². The Balaban J connectivity index is 1.94. The van der Waals surface area contributed by atoms with Gasteiger partial charge in [-0.1, -0.05) is 25.0 Å². The van der Waals surface area contributed by atoms with E-state index in [2.05, 4.69) is 13.2 Å². The van der Waals surface area contributed by atoms with E-state index in [1.165, 1.54) is 4.90 Å². The van der Waals surface area contributed by atoms with Gasteiger partial charge in [0.05, 0.1) is 11.8 Å². The zero-order chi connectivity index (χ0) is 16.1. The molecule has 2 aliphatic rings. The lowest BCUT2D eigenvalue weighted by Crippen LogP contribution is -2.37. The quantitative estimate of drug-likeness (QED) is 0.532. The average molecular weight is 304 g/mol. The highest BCUT2D eigenvalue weighted by Crippen LogP contribution is 2.37. The Labute approximate surface area is 131 Å². The third kappa shape index (κ3) is 3.29. The summed E-state index contributed by atoms with van der Waals surface area (Å²) in [5, 5.41) is 0. The largest absolute Gasteiger partial charge is 0.335 e. The van der Waals surface area contributed by atoms with E-state index in [1.54, 1.807) is 17.1 Å². The summed E-state index contributed by atoms with van der Waals surface area (Å²) in [4.78, 5) is 39.8. The molecule has 1 heterocycles. The van der Waals surface area contributed by atoms with Crippen molar-refractivity contribution in [3.05, 3.63) is 25.3 Å². The second-order valence-corrected chi connectivity index (χ2v) is 5.95. The van der Waals surface area contributed by atoms with E-state index < -0.39 is 0 Å². The van der Waals surface area contributed by atoms with Crippen molar-refractivity contribution in [1.82, 2.24) is 9.80 Å². The van der Waals surface area contributed by atoms with E-state index in [0.717, 1.165) is 25.7 Å². The minimum atomic E-state index is -0.145. The lowest BCUT2D eigenvalue weighted by atomic mass is 9.81. The Morgan fingerprint density at radius 1 is 1.09 bits per heavy atom. The van der Waals surface area contributed by atoms with Crippen LogP contribution in [0.2, 0.25) is 0 Å². The van der Waals surface area contributed by atoms with E-state index in [9.17, 15) is 14.4 Å². The molecular weight excluding hydrogens is 280 g/mol. The number of carbonyl (C=O) groups is 3. The number of likely N-dealkylation sites (tertiary alicyclic amines) is 1. The van der Waals surface area contributed by atoms with Crippen molar-refractivity contribution in [2.75, 3.05) is 19.6 Å². The fourth-order valence-corrected chi connectivity index (χ4v) is 3.41. The molecule has 0 bridgehead atoms. The van der Waals surface area contributed by atoms with Crippen molar-refractivity contribution < 1.29 is 14.4 Å². The monoisotopic (exact) mass is 304 g/mol. The number of fused-ring (bicyclic) bond motifs is 1. The van der Waals surface area contributed by atoms with Crippen LogP contribution in [0.25, 0.3) is 0 Å². The standard InChI is InChI=1S/C17H24N2O3/c1-3-10-18(11-4-2)15(20)9-12-19-16(21)13-7-5-6-8-14(13)17(19)22/h3-4,13-14H,1-2,5-12H2. The molecule has 0 aromatic heterocycles. The second-order valence-electron chi connectivity index (χ2n) is 5.95. The second kappa shape index (κ2) is 7.38. The number of hydrogen-bond acceptors (Lipinski definition) is 3. The molecule has 0 N–H and O–H groups in total. The van der Waals surface area contributed by atoms with Gasteiger partial charge in [0.2, 0.25) is 17.7 Å². The van der Waals surface area contributed by atoms with Gasteiger partial charge in [-0.2, -0.15) is 0 Å². The first kappa shape index (κ1) is 16.5. The van der Waals surface area contributed by atoms with E-state index in [-0.39, 0.29) is 42.5 Å². The van der Waals surface area contributed by atoms with E-state index in [4.69, 9.17) is 0 Å². The number of imide groups is 1. The van der Waals surface area contributed by atoms with Gasteiger partial charge in [-0.25, -0.2) is 0 Å². The maximum Gasteiger partial charge on any atom is 0.233 e. The maximum atomic E-state index is 12.3. The van der Waals surface area contributed by atoms with Gasteiger partial charge in [0.15, 0.2) is 0 Å². The van der Waals surface area contributed by atoms with Crippen molar-refractivity contribution >= 4 is 17.7 Å². The molecule has 0 radical (unpaired) electrons. The van der Waals surface area contributed by atoms with Crippen LogP contribution in [0.3, 0.4) is 0 Å². The summed E-state index contributed by atoms with van der Waals surface area (Å²) >= 11 is 0. The Morgan fingerprint density at radius 2 is 1.59 bits per heavy atom. The van der Waals surface area contributed by atoms with Gasteiger partial charge in [-0.3, -0.25) is 19.3 Å². The van der Waals surface area contributed by atoms with Crippen LogP contribution in [0.1, 0.15) is 32.1 Å². The summed E-state index contributed by atoms with van der Waals surface area (Å²) in [6.45, 7) is 8.33. The first-order valence-corrected chi connectivity index (χ1v) is 7.95. The number of hydrogen-bond donors (Lipinski definition) is 0. The van der Waals surface area contributed by atoms with Crippen LogP contribution in [0, 0.1) is 11.8 Å². The molecule has 5 nitrogen and oxygen atoms in total. The smallest absolute Gasteiger partial charge is 0.233 e. The Morgan fingerprint density at radius 3 is 2.05 bits per heavy atom. The van der Waals surface area contributed by atoms with Gasteiger partial charge in [0.1, 0.15) is 0 Å². The molecule has 5 heteroatoms. The predicted molar refractivity (Wildman–Crippen MR) is 83.8 cm³/mol. The molecule has 1 saturated heterocycles. The summed E-state index contributed by atoms with van der Waals surface area (Å²) in [5.41, 5.74) is 0. The van der Waals surface area contributed by atoms with Crippen molar-refractivity contribution in [1.29, 1.82) is 0 Å². The van der Waals surface area contributed by atoms with E-state index >= 15 is 0 Å². The predicted octanol–water partition coefficient (Wildman–Crippen LogP) is 1.75. The highest BCUT2D eigenvalue weighted by atomic mass is 16.2. The molecule has 0 aromatic rings. The fourth-order valence-electron chi connectivity index (χ4n) is 3.41. The third-order valence-electron chi connectivity index (χ3n) is 4.53. The molecule has 0 aromatic carbocycles. The Bertz CT molecular complexity index is 452. The highest BCUT2D eigenvalue weighted by molar-refractivity contribution is 6.05. The molecule has 1 aliphatic carbocycles. The molecule has 2 unspecified atom stereocenters. The number of nitrogens with zero attached hydrogens (tertiary/aromatic N) is 2. The zero-order valence-electron chi connectivity index (χ0n) is 13.0. The molecule has 1 aliphatic heterocycles. The van der Waals surface area contributed by atoms with Crippen LogP contribution in [0.4, 0.5) is 0 Å². The molecule has 3 amide bonds. The summed E-state index contributed by atoms with van der Waals surface area (Å²) in [5.74, 6) is -0.541. The molecule has 1 saturated carbocycles. The van der Waals surface area contributed by atoms with Crippen LogP contribution in [-0.4, -0.2) is 47.2 Å². The molecule has 2 rings (SSSR count). The van der Waals surface area contributed by atoms with E-state index in [0.29, 0.717) is 13.1 Å². The van der Waals surface area contributed by atoms with Crippen LogP contribution in [0.5, 0.6) is 0 Å². The Kier molecular flexibility index (Phi) is 5.52. The molecule has 2 atom stereocenters. The Hall–Kier alpha value is -1.91. The molecule has 22 heavy (non-hydrogen) atoms. The van der Waals surface area contributed by atoms with Crippen LogP contribution in [0.15, 0.2) is 25.3 Å². The fraction of sp³-hybridized carbons (Fsp3) is 0.588. The average Bonchev–Trinajstić information content (AvgIpc) is 2.77. The molecular formula is C17H24N2O3. The normalized spacial score (nSPS) is 24.1. The summed E-state index contributed by atoms with van der Waals surface area (Å²) in [6, 6.07) is 0. The summed E-state index contributed by atoms with van der Waals surface area (Å²) in [7, 11) is 0. The maximum absolute atomic E-state index is 12.3. The first-order valence-electron chi connectivity index (χ1n) is 7.95. The SMILES string of the molecule is C=CCN(CC=C)C(=O)CCN1C(=O)C2CCCCC2C1=O. The highest BCUT2D eigenvalue weighted by Gasteiger charge is 2.47. The lowest BCUT2D eigenvalue weighted by molar-refractivity contribution is -0.140. The molecule has 2 fully saturated rings. The third-order valence-corrected chi connectivity index (χ3v) is 4.53. The minimum Gasteiger partial charge on any atom is -0.335 e. The summed E-state index contributed by atoms with van der Waals surface area (Å²) in [6.07, 6.45) is 7.11. The summed E-state index contributed by atoms with van der Waals surface area (Å²) < 4.78 is 0.